The van der Waals surface area contributed by atoms with Gasteiger partial charge in [-0.1, -0.05) is 25.1 Å². The fraction of sp³-hybridized carbons (Fsp3) is 0.429. The predicted octanol–water partition coefficient (Wildman–Crippen LogP) is 0.796. The summed E-state index contributed by atoms with van der Waals surface area (Å²) in [5.41, 5.74) is 0. The zero-order valence-electron chi connectivity index (χ0n) is 11.3. The summed E-state index contributed by atoms with van der Waals surface area (Å²) in [6, 6.07) is 7.73. The Kier molecular flexibility index (Phi) is 6.52. The summed E-state index contributed by atoms with van der Waals surface area (Å²) >= 11 is 0. The molecule has 0 aromatic heterocycles. The maximum atomic E-state index is 12.0. The van der Waals surface area contributed by atoms with E-state index < -0.39 is 24.0 Å². The van der Waals surface area contributed by atoms with E-state index in [9.17, 15) is 9.59 Å². The van der Waals surface area contributed by atoms with Crippen LogP contribution in [0, 0.1) is 0 Å². The van der Waals surface area contributed by atoms with Gasteiger partial charge in [0, 0.05) is 13.0 Å². The lowest BCUT2D eigenvalue weighted by Gasteiger charge is -2.20. The van der Waals surface area contributed by atoms with Crippen LogP contribution in [0.4, 0.5) is 0 Å². The van der Waals surface area contributed by atoms with Crippen molar-refractivity contribution in [2.75, 3.05) is 6.61 Å². The predicted molar refractivity (Wildman–Crippen MR) is 72.4 cm³/mol. The van der Waals surface area contributed by atoms with Gasteiger partial charge in [0.1, 0.15) is 11.8 Å². The van der Waals surface area contributed by atoms with Crippen LogP contribution in [0.25, 0.3) is 0 Å². The van der Waals surface area contributed by atoms with Gasteiger partial charge in [-0.2, -0.15) is 0 Å². The molecule has 2 unspecified atom stereocenters. The molecule has 6 heteroatoms. The summed E-state index contributed by atoms with van der Waals surface area (Å²) in [7, 11) is 0. The minimum absolute atomic E-state index is 0.0388. The number of hydrogen-bond acceptors (Lipinski definition) is 4. The highest BCUT2D eigenvalue weighted by atomic mass is 16.5. The lowest BCUT2D eigenvalue weighted by Crippen LogP contribution is -2.47. The van der Waals surface area contributed by atoms with Crippen molar-refractivity contribution in [2.45, 2.75) is 31.9 Å². The van der Waals surface area contributed by atoms with E-state index in [1.807, 2.05) is 6.07 Å². The Bertz CT molecular complexity index is 434. The number of amides is 1. The molecule has 3 N–H and O–H groups in total. The highest BCUT2D eigenvalue weighted by Gasteiger charge is 2.25. The van der Waals surface area contributed by atoms with Gasteiger partial charge in [0.25, 0.3) is 5.91 Å². The Morgan fingerprint density at radius 1 is 1.30 bits per heavy atom. The molecule has 1 amide bonds. The number of aliphatic hydroxyl groups is 1. The first-order valence-corrected chi connectivity index (χ1v) is 6.44. The molecule has 0 spiro atoms. The molecule has 0 saturated carbocycles. The Hall–Kier alpha value is -2.08. The average molecular weight is 281 g/mol. The van der Waals surface area contributed by atoms with Crippen molar-refractivity contribution in [3.05, 3.63) is 30.3 Å². The normalized spacial score (nSPS) is 13.3. The maximum Gasteiger partial charge on any atom is 0.326 e. The van der Waals surface area contributed by atoms with Gasteiger partial charge in [0.15, 0.2) is 6.10 Å². The molecule has 1 rings (SSSR count). The highest BCUT2D eigenvalue weighted by Crippen LogP contribution is 2.12. The fourth-order valence-electron chi connectivity index (χ4n) is 1.64. The number of carboxylic acids is 1. The molecule has 1 aromatic carbocycles. The van der Waals surface area contributed by atoms with Crippen LogP contribution in [0.1, 0.15) is 19.8 Å². The van der Waals surface area contributed by atoms with E-state index in [0.29, 0.717) is 12.2 Å². The molecule has 0 aliphatic carbocycles. The second-order valence-corrected chi connectivity index (χ2v) is 4.24. The first-order chi connectivity index (χ1) is 9.58. The number of rotatable bonds is 8. The van der Waals surface area contributed by atoms with E-state index >= 15 is 0 Å². The van der Waals surface area contributed by atoms with Gasteiger partial charge in [-0.3, -0.25) is 4.79 Å². The number of aliphatic hydroxyl groups excluding tert-OH is 1. The monoisotopic (exact) mass is 281 g/mol. The smallest absolute Gasteiger partial charge is 0.326 e. The van der Waals surface area contributed by atoms with Gasteiger partial charge < -0.3 is 20.3 Å². The van der Waals surface area contributed by atoms with Crippen LogP contribution in [0.5, 0.6) is 5.75 Å². The molecule has 0 radical (unpaired) electrons. The lowest BCUT2D eigenvalue weighted by molar-refractivity contribution is -0.143. The van der Waals surface area contributed by atoms with Crippen molar-refractivity contribution in [3.63, 3.8) is 0 Å². The maximum absolute atomic E-state index is 12.0. The number of carboxylic acid groups (broad SMARTS) is 1. The van der Waals surface area contributed by atoms with Crippen molar-refractivity contribution in [1.29, 1.82) is 0 Å². The van der Waals surface area contributed by atoms with Crippen LogP contribution in [0.3, 0.4) is 0 Å². The number of carbonyl (C=O) groups is 2. The summed E-state index contributed by atoms with van der Waals surface area (Å²) in [5.74, 6) is -1.14. The summed E-state index contributed by atoms with van der Waals surface area (Å²) in [5, 5.41) is 20.1. The number of aliphatic carboxylic acids is 1. The summed E-state index contributed by atoms with van der Waals surface area (Å²) < 4.78 is 5.52. The van der Waals surface area contributed by atoms with Crippen molar-refractivity contribution in [2.24, 2.45) is 0 Å². The Balaban J connectivity index is 2.64. The first kappa shape index (κ1) is 16.0. The van der Waals surface area contributed by atoms with Gasteiger partial charge >= 0.3 is 5.97 Å². The standard InChI is InChI=1S/C14H19NO5/c1-2-12(20-10-6-4-3-5-7-10)13(17)15-11(8-9-16)14(18)19/h3-7,11-12,16H,2,8-9H2,1H3,(H,15,17)(H,18,19). The SMILES string of the molecule is CCC(Oc1ccccc1)C(=O)NC(CCO)C(=O)O. The van der Waals surface area contributed by atoms with Gasteiger partial charge in [-0.25, -0.2) is 4.79 Å². The van der Waals surface area contributed by atoms with Crippen LogP contribution in [0.2, 0.25) is 0 Å². The van der Waals surface area contributed by atoms with E-state index in [-0.39, 0.29) is 13.0 Å². The number of hydrogen-bond donors (Lipinski definition) is 3. The first-order valence-electron chi connectivity index (χ1n) is 6.44. The quantitative estimate of drug-likeness (QED) is 0.655. The van der Waals surface area contributed by atoms with Crippen molar-refractivity contribution < 1.29 is 24.5 Å². The zero-order valence-corrected chi connectivity index (χ0v) is 11.3. The van der Waals surface area contributed by atoms with Gasteiger partial charge in [-0.05, 0) is 18.6 Å². The van der Waals surface area contributed by atoms with Gasteiger partial charge in [0.2, 0.25) is 0 Å². The molecular weight excluding hydrogens is 262 g/mol. The molecule has 2 atom stereocenters. The minimum Gasteiger partial charge on any atom is -0.481 e. The van der Waals surface area contributed by atoms with E-state index in [1.165, 1.54) is 0 Å². The second-order valence-electron chi connectivity index (χ2n) is 4.24. The molecule has 1 aromatic rings. The molecule has 0 fully saturated rings. The van der Waals surface area contributed by atoms with Crippen LogP contribution in [0.15, 0.2) is 30.3 Å². The van der Waals surface area contributed by atoms with Crippen molar-refractivity contribution in [3.8, 4) is 5.75 Å². The van der Waals surface area contributed by atoms with Gasteiger partial charge in [0.05, 0.1) is 0 Å². The Morgan fingerprint density at radius 2 is 1.95 bits per heavy atom. The molecule has 0 aliphatic rings. The van der Waals surface area contributed by atoms with E-state index in [2.05, 4.69) is 5.32 Å². The Morgan fingerprint density at radius 3 is 2.45 bits per heavy atom. The molecule has 20 heavy (non-hydrogen) atoms. The number of nitrogens with one attached hydrogen (secondary N) is 1. The largest absolute Gasteiger partial charge is 0.481 e. The summed E-state index contributed by atoms with van der Waals surface area (Å²) in [4.78, 5) is 22.9. The number of ether oxygens (including phenoxy) is 1. The molecule has 0 saturated heterocycles. The van der Waals surface area contributed by atoms with E-state index in [4.69, 9.17) is 14.9 Å². The molecule has 0 bridgehead atoms. The van der Waals surface area contributed by atoms with Crippen LogP contribution in [-0.2, 0) is 9.59 Å². The molecular formula is C14H19NO5. The van der Waals surface area contributed by atoms with Crippen LogP contribution < -0.4 is 10.1 Å². The van der Waals surface area contributed by atoms with Crippen LogP contribution >= 0.6 is 0 Å². The Labute approximate surface area is 117 Å². The van der Waals surface area contributed by atoms with Crippen molar-refractivity contribution in [1.82, 2.24) is 5.32 Å². The molecule has 6 nitrogen and oxygen atoms in total. The second kappa shape index (κ2) is 8.16. The lowest BCUT2D eigenvalue weighted by atomic mass is 10.2. The number of carbonyl (C=O) groups excluding carboxylic acids is 1. The van der Waals surface area contributed by atoms with E-state index in [0.717, 1.165) is 0 Å². The molecule has 110 valence electrons. The average Bonchev–Trinajstić information content (AvgIpc) is 2.45. The highest BCUT2D eigenvalue weighted by molar-refractivity contribution is 5.86. The topological polar surface area (TPSA) is 95.9 Å². The van der Waals surface area contributed by atoms with Gasteiger partial charge in [-0.15, -0.1) is 0 Å². The summed E-state index contributed by atoms with van der Waals surface area (Å²) in [6.45, 7) is 1.46. The van der Waals surface area contributed by atoms with Crippen molar-refractivity contribution >= 4 is 11.9 Å². The minimum atomic E-state index is -1.18. The third kappa shape index (κ3) is 4.89. The zero-order chi connectivity index (χ0) is 15.0. The number of benzene rings is 1. The third-order valence-electron chi connectivity index (χ3n) is 2.72. The third-order valence-corrected chi connectivity index (χ3v) is 2.72. The van der Waals surface area contributed by atoms with Crippen LogP contribution in [-0.4, -0.2) is 40.8 Å². The molecule has 0 aliphatic heterocycles. The van der Waals surface area contributed by atoms with E-state index in [1.54, 1.807) is 31.2 Å². The summed E-state index contributed by atoms with van der Waals surface area (Å²) in [6.07, 6.45) is -0.396. The fourth-order valence-corrected chi connectivity index (χ4v) is 1.64. The molecule has 0 heterocycles. The number of para-hydroxylation sites is 1.